The summed E-state index contributed by atoms with van der Waals surface area (Å²) >= 11 is 1.83. The number of benzene rings is 16. The lowest BCUT2D eigenvalue weighted by molar-refractivity contribution is 0.661. The quantitative estimate of drug-likeness (QED) is 0.161. The average molecular weight is 1250 g/mol. The Bertz CT molecular complexity index is 6720. The van der Waals surface area contributed by atoms with Gasteiger partial charge in [0.1, 0.15) is 11.2 Å². The van der Waals surface area contributed by atoms with E-state index in [4.69, 9.17) is 24.4 Å². The van der Waals surface area contributed by atoms with Gasteiger partial charge in [0.15, 0.2) is 5.82 Å². The van der Waals surface area contributed by atoms with Crippen molar-refractivity contribution in [3.05, 3.63) is 314 Å². The van der Waals surface area contributed by atoms with Crippen LogP contribution < -0.4 is 0 Å². The van der Waals surface area contributed by atoms with E-state index in [9.17, 15) is 0 Å². The molecule has 4 aromatic heterocycles. The van der Waals surface area contributed by atoms with Crippen molar-refractivity contribution in [1.29, 1.82) is 0 Å². The molecule has 0 N–H and O–H groups in total. The summed E-state index contributed by atoms with van der Waals surface area (Å²) < 4.78 is 8.76. The zero-order valence-corrected chi connectivity index (χ0v) is 53.8. The first kappa shape index (κ1) is 55.3. The fraction of sp³-hybridized carbons (Fsp3) is 0.0330. The molecule has 0 unspecified atom stereocenters. The third kappa shape index (κ3) is 8.63. The predicted octanol–water partition coefficient (Wildman–Crippen LogP) is 25.1. The Balaban J connectivity index is 0.000000132. The number of hydrogen-bond donors (Lipinski definition) is 0. The summed E-state index contributed by atoms with van der Waals surface area (Å²) in [5.74, 6) is 0.730. The van der Waals surface area contributed by atoms with Gasteiger partial charge in [0, 0.05) is 64.0 Å². The highest BCUT2D eigenvalue weighted by molar-refractivity contribution is 7.26. The molecule has 6 heteroatoms. The van der Waals surface area contributed by atoms with Crippen LogP contribution in [0.5, 0.6) is 0 Å². The molecular formula is C91H56N4OS. The number of rotatable bonds is 5. The Labute approximate surface area is 561 Å². The fourth-order valence-corrected chi connectivity index (χ4v) is 17.1. The van der Waals surface area contributed by atoms with Crippen LogP contribution in [-0.2, 0) is 5.41 Å². The number of para-hydroxylation sites is 4. The molecule has 0 spiro atoms. The molecule has 1 aliphatic carbocycles. The number of fused-ring (bicyclic) bond motifs is 23. The topological polar surface area (TPSA) is 64.7 Å². The lowest BCUT2D eigenvalue weighted by atomic mass is 9.82. The number of furan rings is 1. The van der Waals surface area contributed by atoms with E-state index in [2.05, 4.69) is 281 Å². The van der Waals surface area contributed by atoms with Gasteiger partial charge in [0.25, 0.3) is 0 Å². The van der Waals surface area contributed by atoms with E-state index in [1.807, 2.05) is 47.7 Å². The zero-order chi connectivity index (χ0) is 64.0. The lowest BCUT2D eigenvalue weighted by Gasteiger charge is -2.21. The summed E-state index contributed by atoms with van der Waals surface area (Å²) in [4.78, 5) is 20.9. The van der Waals surface area contributed by atoms with Gasteiger partial charge >= 0.3 is 0 Å². The highest BCUT2D eigenvalue weighted by atomic mass is 32.1. The van der Waals surface area contributed by atoms with E-state index in [-0.39, 0.29) is 5.41 Å². The molecule has 0 radical (unpaired) electrons. The van der Waals surface area contributed by atoms with Crippen molar-refractivity contribution < 1.29 is 4.42 Å². The SMILES string of the molecule is CC1(C)c2ccccc2-c2c1ccc1c2ccc2ccc3cc(-c4nc5ccccc5nc4-c4ccc(-c5ccccc5)cc4)ccc3c21.c1ccc2c(-c3cccc4c3sc3ccccc34)nc(-c3ccc4c(ccc5ccc6c(ccc7oc8ccccc8c76)c54)c3)nc2c1. The van der Waals surface area contributed by atoms with E-state index in [1.54, 1.807) is 0 Å². The molecule has 97 heavy (non-hydrogen) atoms. The highest BCUT2D eigenvalue weighted by Gasteiger charge is 2.36. The van der Waals surface area contributed by atoms with Crippen molar-refractivity contribution in [3.8, 4) is 67.4 Å². The number of nitrogens with zero attached hydrogens (tertiary/aromatic N) is 4. The summed E-state index contributed by atoms with van der Waals surface area (Å²) in [6.07, 6.45) is 0. The minimum atomic E-state index is -0.0246. The van der Waals surface area contributed by atoms with E-state index in [1.165, 1.54) is 118 Å². The maximum absolute atomic E-state index is 6.22. The first-order valence-electron chi connectivity index (χ1n) is 33.2. The first-order valence-corrected chi connectivity index (χ1v) is 34.0. The second kappa shape index (κ2) is 21.4. The van der Waals surface area contributed by atoms with Crippen LogP contribution in [0.4, 0.5) is 0 Å². The van der Waals surface area contributed by atoms with Crippen molar-refractivity contribution >= 4 is 140 Å². The molecule has 4 heterocycles. The Hall–Kier alpha value is -12.2. The normalized spacial score (nSPS) is 12.7. The monoisotopic (exact) mass is 1250 g/mol. The van der Waals surface area contributed by atoms with Crippen LogP contribution in [0.2, 0.25) is 0 Å². The maximum atomic E-state index is 6.22. The van der Waals surface area contributed by atoms with Crippen molar-refractivity contribution in [2.24, 2.45) is 0 Å². The summed E-state index contributed by atoms with van der Waals surface area (Å²) in [6, 6.07) is 109. The van der Waals surface area contributed by atoms with Crippen LogP contribution in [0.15, 0.2) is 308 Å². The molecule has 0 fully saturated rings. The molecular weight excluding hydrogens is 1200 g/mol. The first-order chi connectivity index (χ1) is 47.8. The molecule has 1 aliphatic rings. The summed E-state index contributed by atoms with van der Waals surface area (Å²) in [5, 5.41) is 20.8. The van der Waals surface area contributed by atoms with Crippen molar-refractivity contribution in [2.75, 3.05) is 0 Å². The van der Waals surface area contributed by atoms with Gasteiger partial charge in [0.2, 0.25) is 0 Å². The zero-order valence-electron chi connectivity index (χ0n) is 53.0. The van der Waals surface area contributed by atoms with Gasteiger partial charge in [-0.3, -0.25) is 0 Å². The van der Waals surface area contributed by atoms with Gasteiger partial charge in [-0.1, -0.05) is 263 Å². The van der Waals surface area contributed by atoms with Gasteiger partial charge in [-0.2, -0.15) is 0 Å². The van der Waals surface area contributed by atoms with E-state index in [0.29, 0.717) is 0 Å². The van der Waals surface area contributed by atoms with Gasteiger partial charge < -0.3 is 4.42 Å². The molecule has 0 aliphatic heterocycles. The molecule has 20 aromatic rings. The molecule has 0 atom stereocenters. The second-order valence-electron chi connectivity index (χ2n) is 26.3. The van der Waals surface area contributed by atoms with E-state index >= 15 is 0 Å². The number of aromatic nitrogens is 4. The summed E-state index contributed by atoms with van der Waals surface area (Å²) in [6.45, 7) is 4.70. The molecule has 0 bridgehead atoms. The largest absolute Gasteiger partial charge is 0.456 e. The Morgan fingerprint density at radius 1 is 0.289 bits per heavy atom. The summed E-state index contributed by atoms with van der Waals surface area (Å²) in [5.41, 5.74) is 19.5. The minimum absolute atomic E-state index is 0.0246. The molecule has 0 saturated heterocycles. The smallest absolute Gasteiger partial charge is 0.160 e. The number of thiophene rings is 1. The molecule has 16 aromatic carbocycles. The third-order valence-electron chi connectivity index (χ3n) is 20.5. The van der Waals surface area contributed by atoms with Crippen LogP contribution in [0.25, 0.3) is 196 Å². The Kier molecular flexibility index (Phi) is 12.2. The minimum Gasteiger partial charge on any atom is -0.456 e. The standard InChI is InChI=1S/C47H32N2.C44H24N2OS/c1-47(2)39-13-7-6-12-38(39)44-37-25-22-31-18-21-33-28-34(23-24-35(33)43(31)36(37)26-27-40(44)47)46-45(48-41-14-8-9-15-42(41)49-46)32-19-16-30(17-20-32)29-10-4-3-5-11-29;1-4-13-36-33(9-1)42(35-12-7-11-32-29-8-3-6-15-39(29)48-43(32)35)46-44(45-36)27-19-20-28-26(24-27)17-16-25-18-21-31-30(40(25)28)22-23-38-41(31)34-10-2-5-14-37(34)47-38/h3-28H,1-2H3;1-24H. The Morgan fingerprint density at radius 2 is 0.814 bits per heavy atom. The fourth-order valence-electron chi connectivity index (χ4n) is 15.9. The van der Waals surface area contributed by atoms with Gasteiger partial charge in [-0.15, -0.1) is 11.3 Å². The van der Waals surface area contributed by atoms with Crippen LogP contribution in [0.1, 0.15) is 25.0 Å². The van der Waals surface area contributed by atoms with Crippen molar-refractivity contribution in [1.82, 2.24) is 19.9 Å². The maximum Gasteiger partial charge on any atom is 0.160 e. The molecule has 5 nitrogen and oxygen atoms in total. The van der Waals surface area contributed by atoms with Gasteiger partial charge in [-0.25, -0.2) is 19.9 Å². The van der Waals surface area contributed by atoms with Gasteiger partial charge in [0.05, 0.1) is 33.6 Å². The predicted molar refractivity (Wildman–Crippen MR) is 409 cm³/mol. The van der Waals surface area contributed by atoms with Crippen LogP contribution in [0.3, 0.4) is 0 Å². The molecule has 0 amide bonds. The van der Waals surface area contributed by atoms with Crippen LogP contribution in [-0.4, -0.2) is 19.9 Å². The van der Waals surface area contributed by atoms with E-state index in [0.717, 1.165) is 89.0 Å². The highest BCUT2D eigenvalue weighted by Crippen LogP contribution is 2.53. The van der Waals surface area contributed by atoms with Crippen LogP contribution >= 0.6 is 11.3 Å². The Morgan fingerprint density at radius 3 is 1.60 bits per heavy atom. The van der Waals surface area contributed by atoms with Crippen molar-refractivity contribution in [2.45, 2.75) is 19.3 Å². The number of hydrogen-bond acceptors (Lipinski definition) is 6. The average Bonchev–Trinajstić information content (AvgIpc) is 1.63. The molecule has 21 rings (SSSR count). The summed E-state index contributed by atoms with van der Waals surface area (Å²) in [7, 11) is 0. The van der Waals surface area contributed by atoms with E-state index < -0.39 is 0 Å². The van der Waals surface area contributed by atoms with Crippen LogP contribution in [0, 0.1) is 0 Å². The second-order valence-corrected chi connectivity index (χ2v) is 27.3. The van der Waals surface area contributed by atoms with Gasteiger partial charge in [-0.05, 0) is 153 Å². The molecule has 452 valence electrons. The molecule has 0 saturated carbocycles. The van der Waals surface area contributed by atoms with Crippen molar-refractivity contribution in [3.63, 3.8) is 0 Å². The lowest BCUT2D eigenvalue weighted by Crippen LogP contribution is -2.14. The third-order valence-corrected chi connectivity index (χ3v) is 21.7.